The SMILES string of the molecule is CCCNC(c1c(Cl)cnn1CCOC)C1(C)CCCC1. The van der Waals surface area contributed by atoms with Crippen LogP contribution < -0.4 is 5.32 Å². The molecule has 1 aromatic rings. The summed E-state index contributed by atoms with van der Waals surface area (Å²) in [4.78, 5) is 0. The highest BCUT2D eigenvalue weighted by atomic mass is 35.5. The van der Waals surface area contributed by atoms with Crippen molar-refractivity contribution >= 4 is 11.6 Å². The number of rotatable bonds is 8. The van der Waals surface area contributed by atoms with Crippen LogP contribution in [0.3, 0.4) is 0 Å². The molecule has 1 heterocycles. The van der Waals surface area contributed by atoms with E-state index in [1.54, 1.807) is 13.3 Å². The van der Waals surface area contributed by atoms with Gasteiger partial charge in [0.25, 0.3) is 0 Å². The number of nitrogens with zero attached hydrogens (tertiary/aromatic N) is 2. The molecule has 1 aliphatic carbocycles. The molecule has 1 aliphatic rings. The summed E-state index contributed by atoms with van der Waals surface area (Å²) in [5, 5.41) is 8.95. The van der Waals surface area contributed by atoms with Gasteiger partial charge in [0.15, 0.2) is 0 Å². The molecular formula is C16H28ClN3O. The van der Waals surface area contributed by atoms with Crippen molar-refractivity contribution in [2.45, 2.75) is 58.5 Å². The van der Waals surface area contributed by atoms with E-state index in [0.29, 0.717) is 6.61 Å². The summed E-state index contributed by atoms with van der Waals surface area (Å²) in [6, 6.07) is 0.270. The minimum atomic E-state index is 0.268. The quantitative estimate of drug-likeness (QED) is 0.793. The van der Waals surface area contributed by atoms with Crippen molar-refractivity contribution in [1.29, 1.82) is 0 Å². The summed E-state index contributed by atoms with van der Waals surface area (Å²) >= 11 is 6.47. The first kappa shape index (κ1) is 16.8. The van der Waals surface area contributed by atoms with E-state index in [-0.39, 0.29) is 11.5 Å². The zero-order valence-electron chi connectivity index (χ0n) is 13.5. The second kappa shape index (κ2) is 7.61. The summed E-state index contributed by atoms with van der Waals surface area (Å²) in [6.07, 6.45) is 8.01. The van der Waals surface area contributed by atoms with Crippen molar-refractivity contribution in [3.8, 4) is 0 Å². The van der Waals surface area contributed by atoms with Crippen LogP contribution in [0.2, 0.25) is 5.02 Å². The van der Waals surface area contributed by atoms with Crippen molar-refractivity contribution < 1.29 is 4.74 Å². The molecule has 4 nitrogen and oxygen atoms in total. The monoisotopic (exact) mass is 313 g/mol. The number of aromatic nitrogens is 2. The van der Waals surface area contributed by atoms with E-state index in [9.17, 15) is 0 Å². The van der Waals surface area contributed by atoms with Gasteiger partial charge in [-0.3, -0.25) is 4.68 Å². The van der Waals surface area contributed by atoms with Crippen LogP contribution in [0.15, 0.2) is 6.20 Å². The molecule has 0 radical (unpaired) electrons. The zero-order valence-corrected chi connectivity index (χ0v) is 14.2. The Kier molecular flexibility index (Phi) is 6.08. The Hall–Kier alpha value is -0.580. The minimum absolute atomic E-state index is 0.268. The van der Waals surface area contributed by atoms with Crippen molar-refractivity contribution in [2.24, 2.45) is 5.41 Å². The van der Waals surface area contributed by atoms with E-state index < -0.39 is 0 Å². The first-order valence-corrected chi connectivity index (χ1v) is 8.43. The molecule has 0 spiro atoms. The number of hydrogen-bond donors (Lipinski definition) is 1. The highest BCUT2D eigenvalue weighted by Crippen LogP contribution is 2.48. The van der Waals surface area contributed by atoms with Crippen LogP contribution in [0.4, 0.5) is 0 Å². The van der Waals surface area contributed by atoms with E-state index in [1.165, 1.54) is 25.7 Å². The molecule has 1 atom stereocenters. The Balaban J connectivity index is 2.29. The fraction of sp³-hybridized carbons (Fsp3) is 0.812. The fourth-order valence-corrected chi connectivity index (χ4v) is 3.70. The van der Waals surface area contributed by atoms with Crippen LogP contribution in [0.1, 0.15) is 57.7 Å². The normalized spacial score (nSPS) is 19.0. The van der Waals surface area contributed by atoms with Crippen LogP contribution >= 0.6 is 11.6 Å². The Morgan fingerprint density at radius 1 is 1.48 bits per heavy atom. The van der Waals surface area contributed by atoms with Crippen molar-refractivity contribution in [1.82, 2.24) is 15.1 Å². The van der Waals surface area contributed by atoms with E-state index in [0.717, 1.165) is 30.2 Å². The number of nitrogens with one attached hydrogen (secondary N) is 1. The van der Waals surface area contributed by atoms with Gasteiger partial charge >= 0.3 is 0 Å². The van der Waals surface area contributed by atoms with Crippen LogP contribution in [0.25, 0.3) is 0 Å². The molecule has 120 valence electrons. The average Bonchev–Trinajstić information content (AvgIpc) is 3.06. The molecule has 1 unspecified atom stereocenters. The molecule has 1 fully saturated rings. The molecule has 0 bridgehead atoms. The van der Waals surface area contributed by atoms with Gasteiger partial charge in [0.1, 0.15) is 0 Å². The maximum atomic E-state index is 6.47. The third kappa shape index (κ3) is 3.79. The van der Waals surface area contributed by atoms with Gasteiger partial charge < -0.3 is 10.1 Å². The number of halogens is 1. The topological polar surface area (TPSA) is 39.1 Å². The molecule has 0 aromatic carbocycles. The van der Waals surface area contributed by atoms with Crippen molar-refractivity contribution in [2.75, 3.05) is 20.3 Å². The van der Waals surface area contributed by atoms with Gasteiger partial charge in [0.05, 0.1) is 36.1 Å². The van der Waals surface area contributed by atoms with E-state index in [2.05, 4.69) is 24.3 Å². The molecule has 0 amide bonds. The first-order chi connectivity index (χ1) is 10.1. The van der Waals surface area contributed by atoms with E-state index >= 15 is 0 Å². The van der Waals surface area contributed by atoms with Crippen molar-refractivity contribution in [3.05, 3.63) is 16.9 Å². The predicted molar refractivity (Wildman–Crippen MR) is 86.7 cm³/mol. The fourth-order valence-electron chi connectivity index (χ4n) is 3.45. The maximum absolute atomic E-state index is 6.47. The second-order valence-corrected chi connectivity index (χ2v) is 6.75. The Morgan fingerprint density at radius 2 is 2.19 bits per heavy atom. The lowest BCUT2D eigenvalue weighted by molar-refractivity contribution is 0.173. The number of ether oxygens (including phenoxy) is 1. The molecule has 1 N–H and O–H groups in total. The average molecular weight is 314 g/mol. The lowest BCUT2D eigenvalue weighted by Crippen LogP contribution is -2.37. The third-order valence-electron chi connectivity index (χ3n) is 4.66. The first-order valence-electron chi connectivity index (χ1n) is 8.06. The summed E-state index contributed by atoms with van der Waals surface area (Å²) in [7, 11) is 1.72. The summed E-state index contributed by atoms with van der Waals surface area (Å²) in [5.74, 6) is 0. The lowest BCUT2D eigenvalue weighted by atomic mass is 9.79. The number of methoxy groups -OCH3 is 1. The van der Waals surface area contributed by atoms with Gasteiger partial charge in [-0.15, -0.1) is 0 Å². The van der Waals surface area contributed by atoms with Crippen LogP contribution in [-0.2, 0) is 11.3 Å². The Bertz CT molecular complexity index is 441. The van der Waals surface area contributed by atoms with E-state index in [1.807, 2.05) is 4.68 Å². The highest BCUT2D eigenvalue weighted by Gasteiger charge is 2.40. The second-order valence-electron chi connectivity index (χ2n) is 6.34. The maximum Gasteiger partial charge on any atom is 0.0834 e. The third-order valence-corrected chi connectivity index (χ3v) is 4.95. The molecular weight excluding hydrogens is 286 g/mol. The Labute approximate surface area is 133 Å². The van der Waals surface area contributed by atoms with Gasteiger partial charge in [-0.1, -0.05) is 38.3 Å². The summed E-state index contributed by atoms with van der Waals surface area (Å²) < 4.78 is 7.21. The number of hydrogen-bond acceptors (Lipinski definition) is 3. The predicted octanol–water partition coefficient (Wildman–Crippen LogP) is 3.80. The highest BCUT2D eigenvalue weighted by molar-refractivity contribution is 6.31. The standard InChI is InChI=1S/C16H28ClN3O/c1-4-9-18-15(16(2)7-5-6-8-16)14-13(17)12-19-20(14)10-11-21-3/h12,15,18H,4-11H2,1-3H3. The molecule has 21 heavy (non-hydrogen) atoms. The lowest BCUT2D eigenvalue weighted by Gasteiger charge is -2.35. The smallest absolute Gasteiger partial charge is 0.0834 e. The molecule has 2 rings (SSSR count). The zero-order chi connectivity index (χ0) is 15.3. The molecule has 1 saturated carbocycles. The van der Waals surface area contributed by atoms with E-state index in [4.69, 9.17) is 16.3 Å². The van der Waals surface area contributed by atoms with Crippen LogP contribution in [0, 0.1) is 5.41 Å². The summed E-state index contributed by atoms with van der Waals surface area (Å²) in [5.41, 5.74) is 1.40. The van der Waals surface area contributed by atoms with Gasteiger partial charge in [0.2, 0.25) is 0 Å². The largest absolute Gasteiger partial charge is 0.383 e. The van der Waals surface area contributed by atoms with Crippen LogP contribution in [0.5, 0.6) is 0 Å². The Morgan fingerprint density at radius 3 is 2.81 bits per heavy atom. The van der Waals surface area contributed by atoms with Gasteiger partial charge in [-0.2, -0.15) is 5.10 Å². The minimum Gasteiger partial charge on any atom is -0.383 e. The van der Waals surface area contributed by atoms with Crippen molar-refractivity contribution in [3.63, 3.8) is 0 Å². The molecule has 0 saturated heterocycles. The molecule has 5 heteroatoms. The van der Waals surface area contributed by atoms with Gasteiger partial charge in [0, 0.05) is 7.11 Å². The molecule has 0 aliphatic heterocycles. The van der Waals surface area contributed by atoms with Gasteiger partial charge in [-0.25, -0.2) is 0 Å². The van der Waals surface area contributed by atoms with Gasteiger partial charge in [-0.05, 0) is 31.2 Å². The van der Waals surface area contributed by atoms with Crippen LogP contribution in [-0.4, -0.2) is 30.0 Å². The molecule has 1 aromatic heterocycles. The summed E-state index contributed by atoms with van der Waals surface area (Å²) in [6.45, 7) is 7.00.